The maximum absolute atomic E-state index is 10.3. The van der Waals surface area contributed by atoms with Gasteiger partial charge in [0.1, 0.15) is 0 Å². The molecule has 0 unspecified atom stereocenters. The van der Waals surface area contributed by atoms with Crippen LogP contribution in [0.3, 0.4) is 0 Å². The fraction of sp³-hybridized carbons (Fsp3) is 0.143. The van der Waals surface area contributed by atoms with Crippen molar-refractivity contribution < 1.29 is 19.8 Å². The van der Waals surface area contributed by atoms with Crippen molar-refractivity contribution in [3.05, 3.63) is 23.8 Å². The predicted molar refractivity (Wildman–Crippen MR) is 38.2 cm³/mol. The van der Waals surface area contributed by atoms with Gasteiger partial charge in [-0.2, -0.15) is 0 Å². The van der Waals surface area contributed by atoms with Crippen LogP contribution in [-0.4, -0.2) is 22.2 Å². The summed E-state index contributed by atoms with van der Waals surface area (Å²) in [5.41, 5.74) is -0.683. The van der Waals surface area contributed by atoms with E-state index in [-0.39, 0.29) is 5.57 Å². The summed E-state index contributed by atoms with van der Waals surface area (Å²) in [6, 6.07) is 0. The average molecular weight is 156 g/mol. The Balaban J connectivity index is 4.69. The Morgan fingerprint density at radius 1 is 1.27 bits per heavy atom. The zero-order valence-electron chi connectivity index (χ0n) is 6.00. The summed E-state index contributed by atoms with van der Waals surface area (Å²) >= 11 is 0. The van der Waals surface area contributed by atoms with E-state index < -0.39 is 17.5 Å². The topological polar surface area (TPSA) is 74.6 Å². The smallest absolute Gasteiger partial charge is 0.336 e. The lowest BCUT2D eigenvalue weighted by Crippen LogP contribution is -2.09. The van der Waals surface area contributed by atoms with Crippen LogP contribution in [0.25, 0.3) is 0 Å². The normalized spacial score (nSPS) is 10.8. The third kappa shape index (κ3) is 2.25. The monoisotopic (exact) mass is 156 g/mol. The van der Waals surface area contributed by atoms with Gasteiger partial charge in [-0.3, -0.25) is 0 Å². The van der Waals surface area contributed by atoms with Crippen molar-refractivity contribution in [1.29, 1.82) is 0 Å². The van der Waals surface area contributed by atoms with E-state index >= 15 is 0 Å². The summed E-state index contributed by atoms with van der Waals surface area (Å²) in [4.78, 5) is 20.5. The predicted octanol–water partition coefficient (Wildman–Crippen LogP) is 0.658. The number of allylic oxidation sites excluding steroid dienone is 1. The molecule has 0 fully saturated rings. The average Bonchev–Trinajstić information content (AvgIpc) is 1.88. The third-order valence-corrected chi connectivity index (χ3v) is 1.10. The number of carboxylic acid groups (broad SMARTS) is 2. The second-order valence-corrected chi connectivity index (χ2v) is 1.79. The van der Waals surface area contributed by atoms with Crippen molar-refractivity contribution in [3.63, 3.8) is 0 Å². The Morgan fingerprint density at radius 3 is 1.82 bits per heavy atom. The Labute approximate surface area is 63.5 Å². The van der Waals surface area contributed by atoms with E-state index in [0.717, 1.165) is 0 Å². The molecular formula is C7H8O4. The molecule has 0 radical (unpaired) electrons. The molecule has 0 heterocycles. The lowest BCUT2D eigenvalue weighted by atomic mass is 10.1. The van der Waals surface area contributed by atoms with Crippen LogP contribution >= 0.6 is 0 Å². The van der Waals surface area contributed by atoms with Gasteiger partial charge in [0.05, 0.1) is 11.1 Å². The maximum Gasteiger partial charge on any atom is 0.336 e. The van der Waals surface area contributed by atoms with E-state index in [0.29, 0.717) is 0 Å². The largest absolute Gasteiger partial charge is 0.478 e. The summed E-state index contributed by atoms with van der Waals surface area (Å²) in [7, 11) is 0. The van der Waals surface area contributed by atoms with Gasteiger partial charge < -0.3 is 10.2 Å². The van der Waals surface area contributed by atoms with Crippen LogP contribution in [0.15, 0.2) is 23.8 Å². The number of carboxylic acids is 2. The molecule has 0 saturated carbocycles. The number of hydrogen-bond acceptors (Lipinski definition) is 2. The maximum atomic E-state index is 10.3. The van der Waals surface area contributed by atoms with Gasteiger partial charge in [-0.15, -0.1) is 0 Å². The van der Waals surface area contributed by atoms with Gasteiger partial charge in [-0.05, 0) is 6.92 Å². The minimum Gasteiger partial charge on any atom is -0.478 e. The Hall–Kier alpha value is -1.58. The van der Waals surface area contributed by atoms with Gasteiger partial charge in [0.25, 0.3) is 0 Å². The molecule has 0 aromatic rings. The molecule has 0 aliphatic carbocycles. The minimum absolute atomic E-state index is 0.280. The van der Waals surface area contributed by atoms with Crippen molar-refractivity contribution in [2.24, 2.45) is 0 Å². The SMILES string of the molecule is C=C(C(=O)O)C(=CC)C(=O)O. The lowest BCUT2D eigenvalue weighted by molar-refractivity contribution is -0.136. The van der Waals surface area contributed by atoms with Gasteiger partial charge in [0, 0.05) is 0 Å². The second-order valence-electron chi connectivity index (χ2n) is 1.79. The summed E-state index contributed by atoms with van der Waals surface area (Å²) < 4.78 is 0. The van der Waals surface area contributed by atoms with E-state index in [2.05, 4.69) is 6.58 Å². The molecule has 0 saturated heterocycles. The highest BCUT2D eigenvalue weighted by atomic mass is 16.4. The van der Waals surface area contributed by atoms with Crippen LogP contribution in [0.5, 0.6) is 0 Å². The molecule has 0 aromatic heterocycles. The van der Waals surface area contributed by atoms with Gasteiger partial charge in [-0.25, -0.2) is 9.59 Å². The molecule has 11 heavy (non-hydrogen) atoms. The molecule has 4 nitrogen and oxygen atoms in total. The molecule has 0 bridgehead atoms. The highest BCUT2D eigenvalue weighted by Gasteiger charge is 2.15. The van der Waals surface area contributed by atoms with Crippen molar-refractivity contribution in [3.8, 4) is 0 Å². The first-order valence-electron chi connectivity index (χ1n) is 2.83. The van der Waals surface area contributed by atoms with Crippen LogP contribution in [0.1, 0.15) is 6.92 Å². The van der Waals surface area contributed by atoms with Gasteiger partial charge in [0.2, 0.25) is 0 Å². The van der Waals surface area contributed by atoms with Gasteiger partial charge >= 0.3 is 11.9 Å². The second kappa shape index (κ2) is 3.55. The van der Waals surface area contributed by atoms with E-state index in [9.17, 15) is 9.59 Å². The number of carbonyl (C=O) groups is 2. The first-order chi connectivity index (χ1) is 5.00. The van der Waals surface area contributed by atoms with Crippen molar-refractivity contribution in [2.45, 2.75) is 6.92 Å². The van der Waals surface area contributed by atoms with Crippen LogP contribution in [-0.2, 0) is 9.59 Å². The van der Waals surface area contributed by atoms with Crippen molar-refractivity contribution in [1.82, 2.24) is 0 Å². The molecule has 0 spiro atoms. The lowest BCUT2D eigenvalue weighted by Gasteiger charge is -1.98. The fourth-order valence-corrected chi connectivity index (χ4v) is 0.542. The molecule has 2 N–H and O–H groups in total. The molecule has 0 atom stereocenters. The molecule has 4 heteroatoms. The molecular weight excluding hydrogens is 148 g/mol. The standard InChI is InChI=1S/C7H8O4/c1-3-5(7(10)11)4(2)6(8)9/h3H,2H2,1H3,(H,8,9)(H,10,11). The molecule has 0 aliphatic heterocycles. The number of aliphatic carboxylic acids is 2. The zero-order valence-corrected chi connectivity index (χ0v) is 6.00. The molecule has 60 valence electrons. The molecule has 0 aliphatic rings. The first kappa shape index (κ1) is 9.42. The summed E-state index contributed by atoms with van der Waals surface area (Å²) in [6.45, 7) is 4.54. The van der Waals surface area contributed by atoms with E-state index in [4.69, 9.17) is 10.2 Å². The Kier molecular flexibility index (Phi) is 3.04. The summed E-state index contributed by atoms with van der Waals surface area (Å²) in [5, 5.41) is 16.7. The van der Waals surface area contributed by atoms with Gasteiger partial charge in [0.15, 0.2) is 0 Å². The Bertz CT molecular complexity index is 237. The molecule has 0 aromatic carbocycles. The van der Waals surface area contributed by atoms with E-state index in [1.54, 1.807) is 0 Å². The molecule has 0 rings (SSSR count). The van der Waals surface area contributed by atoms with E-state index in [1.807, 2.05) is 0 Å². The van der Waals surface area contributed by atoms with Crippen LogP contribution in [0.4, 0.5) is 0 Å². The van der Waals surface area contributed by atoms with Crippen LogP contribution in [0.2, 0.25) is 0 Å². The van der Waals surface area contributed by atoms with Crippen molar-refractivity contribution >= 4 is 11.9 Å². The summed E-state index contributed by atoms with van der Waals surface area (Å²) in [6.07, 6.45) is 1.19. The quantitative estimate of drug-likeness (QED) is 0.465. The number of hydrogen-bond donors (Lipinski definition) is 2. The number of rotatable bonds is 3. The minimum atomic E-state index is -1.32. The highest BCUT2D eigenvalue weighted by molar-refractivity contribution is 6.04. The van der Waals surface area contributed by atoms with E-state index in [1.165, 1.54) is 13.0 Å². The highest BCUT2D eigenvalue weighted by Crippen LogP contribution is 2.07. The third-order valence-electron chi connectivity index (χ3n) is 1.10. The Morgan fingerprint density at radius 2 is 1.73 bits per heavy atom. The van der Waals surface area contributed by atoms with Crippen molar-refractivity contribution in [2.75, 3.05) is 0 Å². The van der Waals surface area contributed by atoms with Gasteiger partial charge in [-0.1, -0.05) is 12.7 Å². The summed E-state index contributed by atoms with van der Waals surface area (Å²) in [5.74, 6) is -2.60. The zero-order chi connectivity index (χ0) is 9.02. The van der Waals surface area contributed by atoms with Crippen LogP contribution < -0.4 is 0 Å². The van der Waals surface area contributed by atoms with Crippen LogP contribution in [0, 0.1) is 0 Å². The fourth-order valence-electron chi connectivity index (χ4n) is 0.542. The first-order valence-corrected chi connectivity index (χ1v) is 2.83. The molecule has 0 amide bonds.